The number of allylic oxidation sites excluding steroid dienone is 2. The molecule has 2 aliphatic carbocycles. The van der Waals surface area contributed by atoms with Gasteiger partial charge in [0.05, 0.1) is 13.5 Å². The molecule has 1 heterocycles. The third kappa shape index (κ3) is 11.1. The Labute approximate surface area is 331 Å². The third-order valence-corrected chi connectivity index (χ3v) is 11.2. The summed E-state index contributed by atoms with van der Waals surface area (Å²) in [5.74, 6) is 2.98. The van der Waals surface area contributed by atoms with Gasteiger partial charge in [-0.1, -0.05) is 68.7 Å². The number of anilines is 1. The number of benzene rings is 3. The predicted octanol–water partition coefficient (Wildman–Crippen LogP) is 9.72. The van der Waals surface area contributed by atoms with Crippen molar-refractivity contribution >= 4 is 29.0 Å². The molecule has 6 rings (SSSR count). The van der Waals surface area contributed by atoms with Gasteiger partial charge in [0, 0.05) is 41.3 Å². The molecule has 0 radical (unpaired) electrons. The second-order valence-electron chi connectivity index (χ2n) is 16.3. The number of carbonyl (C=O) groups is 3. The lowest BCUT2D eigenvalue weighted by Gasteiger charge is -2.35. The minimum atomic E-state index is -0.696. The van der Waals surface area contributed by atoms with Crippen LogP contribution in [0.15, 0.2) is 91.3 Å². The summed E-state index contributed by atoms with van der Waals surface area (Å²) in [6.07, 6.45) is 16.9. The Morgan fingerprint density at radius 2 is 1.46 bits per heavy atom. The Hall–Kier alpha value is -5.31. The number of hydrogen-bond acceptors (Lipinski definition) is 7. The third-order valence-electron chi connectivity index (χ3n) is 11.2. The maximum absolute atomic E-state index is 13.8. The highest BCUT2D eigenvalue weighted by Gasteiger charge is 2.29. The van der Waals surface area contributed by atoms with E-state index in [1.807, 2.05) is 60.9 Å². The Balaban J connectivity index is 1.07. The highest BCUT2D eigenvalue weighted by molar-refractivity contribution is 5.97. The van der Waals surface area contributed by atoms with Crippen LogP contribution in [-0.4, -0.2) is 51.9 Å². The van der Waals surface area contributed by atoms with E-state index in [1.165, 1.54) is 49.0 Å². The number of esters is 1. The molecule has 4 aromatic rings. The smallest absolute Gasteiger partial charge is 0.326 e. The molecule has 0 spiro atoms. The number of hydrogen-bond donors (Lipinski definition) is 1. The number of nitrogens with zero attached hydrogens (tertiary/aromatic N) is 3. The summed E-state index contributed by atoms with van der Waals surface area (Å²) in [6.45, 7) is 7.69. The van der Waals surface area contributed by atoms with Gasteiger partial charge in [0.2, 0.25) is 5.91 Å². The summed E-state index contributed by atoms with van der Waals surface area (Å²) < 4.78 is 10.8. The maximum Gasteiger partial charge on any atom is 0.326 e. The molecule has 3 aromatic carbocycles. The molecular formula is C47H56N4O5. The summed E-state index contributed by atoms with van der Waals surface area (Å²) >= 11 is 0. The number of methoxy groups -OCH3 is 1. The van der Waals surface area contributed by atoms with Crippen molar-refractivity contribution in [2.75, 3.05) is 19.0 Å². The number of amides is 2. The highest BCUT2D eigenvalue weighted by Crippen LogP contribution is 2.41. The van der Waals surface area contributed by atoms with E-state index in [9.17, 15) is 14.4 Å². The molecule has 1 aromatic heterocycles. The zero-order valence-electron chi connectivity index (χ0n) is 33.6. The van der Waals surface area contributed by atoms with E-state index in [0.717, 1.165) is 58.6 Å². The molecule has 0 saturated heterocycles. The average Bonchev–Trinajstić information content (AvgIpc) is 3.20. The fourth-order valence-corrected chi connectivity index (χ4v) is 7.98. The lowest BCUT2D eigenvalue weighted by atomic mass is 9.71. The standard InChI is InChI=1S/C47H56N4O5/c1-6-32-7-13-35(14-8-32)36-17-19-37(20-18-36)40-28-48-45(49-29-40)38-15-9-34(10-16-38)30-51(31-44(53)56-47(2,3)4)46(54)39-21-23-41(24-22-39)50-43(52)27-33-11-25-42(55-5)26-12-33/h9-12,15-16,19,21-26,28-29,32,35-36H,6-8,13-14,17-18,20,27,30-31H2,1-5H3,(H,50,52)/t32-,35-,36?. The van der Waals surface area contributed by atoms with Crippen LogP contribution in [0.1, 0.15) is 106 Å². The van der Waals surface area contributed by atoms with Crippen LogP contribution in [0.2, 0.25) is 0 Å². The zero-order chi connectivity index (χ0) is 39.7. The topological polar surface area (TPSA) is 111 Å². The Morgan fingerprint density at radius 1 is 0.804 bits per heavy atom. The summed E-state index contributed by atoms with van der Waals surface area (Å²) in [6, 6.07) is 21.7. The number of carbonyl (C=O) groups excluding carboxylic acids is 3. The van der Waals surface area contributed by atoms with Crippen molar-refractivity contribution in [3.8, 4) is 17.1 Å². The van der Waals surface area contributed by atoms with Crippen molar-refractivity contribution in [2.24, 2.45) is 17.8 Å². The van der Waals surface area contributed by atoms with Crippen LogP contribution in [-0.2, 0) is 27.3 Å². The van der Waals surface area contributed by atoms with Gasteiger partial charge < -0.3 is 19.7 Å². The molecule has 2 amide bonds. The van der Waals surface area contributed by atoms with E-state index in [0.29, 0.717) is 17.1 Å². The molecule has 9 heteroatoms. The van der Waals surface area contributed by atoms with Crippen LogP contribution < -0.4 is 10.1 Å². The number of aromatic nitrogens is 2. The lowest BCUT2D eigenvalue weighted by Crippen LogP contribution is -2.38. The molecule has 9 nitrogen and oxygen atoms in total. The molecule has 294 valence electrons. The fourth-order valence-electron chi connectivity index (χ4n) is 7.98. The van der Waals surface area contributed by atoms with E-state index < -0.39 is 11.6 Å². The molecule has 0 aliphatic heterocycles. The van der Waals surface area contributed by atoms with Crippen molar-refractivity contribution in [1.29, 1.82) is 0 Å². The maximum atomic E-state index is 13.8. The van der Waals surface area contributed by atoms with Crippen LogP contribution in [0.4, 0.5) is 5.69 Å². The second-order valence-corrected chi connectivity index (χ2v) is 16.3. The average molecular weight is 757 g/mol. The summed E-state index contributed by atoms with van der Waals surface area (Å²) in [4.78, 5) is 50.4. The van der Waals surface area contributed by atoms with E-state index in [1.54, 1.807) is 52.1 Å². The van der Waals surface area contributed by atoms with Crippen LogP contribution in [0.3, 0.4) is 0 Å². The first-order valence-electron chi connectivity index (χ1n) is 20.1. The molecule has 1 N–H and O–H groups in total. The monoisotopic (exact) mass is 756 g/mol. The van der Waals surface area contributed by atoms with E-state index >= 15 is 0 Å². The van der Waals surface area contributed by atoms with Gasteiger partial charge in [-0.05, 0) is 124 Å². The van der Waals surface area contributed by atoms with Crippen LogP contribution in [0.5, 0.6) is 5.75 Å². The van der Waals surface area contributed by atoms with Crippen molar-refractivity contribution in [1.82, 2.24) is 14.9 Å². The molecule has 1 fully saturated rings. The van der Waals surface area contributed by atoms with Gasteiger partial charge in [-0.15, -0.1) is 0 Å². The van der Waals surface area contributed by atoms with Crippen LogP contribution in [0, 0.1) is 17.8 Å². The van der Waals surface area contributed by atoms with Gasteiger partial charge in [-0.2, -0.15) is 0 Å². The number of ether oxygens (including phenoxy) is 2. The van der Waals surface area contributed by atoms with Gasteiger partial charge >= 0.3 is 5.97 Å². The lowest BCUT2D eigenvalue weighted by molar-refractivity contribution is -0.155. The number of nitrogens with one attached hydrogen (secondary N) is 1. The fraction of sp³-hybridized carbons (Fsp3) is 0.426. The van der Waals surface area contributed by atoms with Crippen molar-refractivity contribution in [2.45, 2.75) is 97.6 Å². The van der Waals surface area contributed by atoms with E-state index in [2.05, 4.69) is 18.3 Å². The SMILES string of the molecule is CC[C@H]1CC[C@H](C2CC=C(c3cnc(-c4ccc(CN(CC(=O)OC(C)(C)C)C(=O)c5ccc(NC(=O)Cc6ccc(OC)cc6)cc5)cc4)nc3)CC2)CC1. The Bertz CT molecular complexity index is 1960. The van der Waals surface area contributed by atoms with Crippen molar-refractivity contribution in [3.05, 3.63) is 114 Å². The quantitative estimate of drug-likeness (QED) is 0.135. The Kier molecular flexibility index (Phi) is 13.4. The Morgan fingerprint density at radius 3 is 2.05 bits per heavy atom. The van der Waals surface area contributed by atoms with Crippen LogP contribution >= 0.6 is 0 Å². The van der Waals surface area contributed by atoms with Crippen LogP contribution in [0.25, 0.3) is 17.0 Å². The predicted molar refractivity (Wildman–Crippen MR) is 221 cm³/mol. The first kappa shape index (κ1) is 40.4. The second kappa shape index (κ2) is 18.5. The van der Waals surface area contributed by atoms with Crippen molar-refractivity contribution < 1.29 is 23.9 Å². The summed E-state index contributed by atoms with van der Waals surface area (Å²) in [5.41, 5.74) is 5.26. The van der Waals surface area contributed by atoms with Crippen molar-refractivity contribution in [3.63, 3.8) is 0 Å². The van der Waals surface area contributed by atoms with Gasteiger partial charge in [0.1, 0.15) is 17.9 Å². The molecular weight excluding hydrogens is 701 g/mol. The molecule has 2 aliphatic rings. The molecule has 1 atom stereocenters. The van der Waals surface area contributed by atoms with E-state index in [4.69, 9.17) is 19.4 Å². The highest BCUT2D eigenvalue weighted by atomic mass is 16.6. The molecule has 0 bridgehead atoms. The largest absolute Gasteiger partial charge is 0.497 e. The zero-order valence-corrected chi connectivity index (χ0v) is 33.6. The number of rotatable bonds is 13. The van der Waals surface area contributed by atoms with E-state index in [-0.39, 0.29) is 31.3 Å². The van der Waals surface area contributed by atoms with Gasteiger partial charge in [0.25, 0.3) is 5.91 Å². The first-order chi connectivity index (χ1) is 27.0. The van der Waals surface area contributed by atoms with Gasteiger partial charge in [-0.3, -0.25) is 14.4 Å². The summed E-state index contributed by atoms with van der Waals surface area (Å²) in [5, 5.41) is 2.88. The molecule has 56 heavy (non-hydrogen) atoms. The minimum Gasteiger partial charge on any atom is -0.497 e. The molecule has 1 saturated carbocycles. The minimum absolute atomic E-state index is 0.181. The van der Waals surface area contributed by atoms with Gasteiger partial charge in [-0.25, -0.2) is 9.97 Å². The summed E-state index contributed by atoms with van der Waals surface area (Å²) in [7, 11) is 1.60. The first-order valence-corrected chi connectivity index (χ1v) is 20.1. The van der Waals surface area contributed by atoms with Gasteiger partial charge in [0.15, 0.2) is 5.82 Å². The molecule has 1 unspecified atom stereocenters. The normalized spacial score (nSPS) is 18.4.